The predicted molar refractivity (Wildman–Crippen MR) is 120 cm³/mol. The monoisotopic (exact) mass is 454 g/mol. The van der Waals surface area contributed by atoms with Crippen LogP contribution in [0.1, 0.15) is 12.8 Å². The van der Waals surface area contributed by atoms with Crippen LogP contribution in [0.5, 0.6) is 0 Å². The summed E-state index contributed by atoms with van der Waals surface area (Å²) in [4.78, 5) is 69.6. The van der Waals surface area contributed by atoms with Gasteiger partial charge < -0.3 is 9.88 Å². The lowest BCUT2D eigenvalue weighted by Crippen LogP contribution is -2.37. The van der Waals surface area contributed by atoms with Crippen molar-refractivity contribution in [2.24, 2.45) is 28.2 Å². The summed E-state index contributed by atoms with van der Waals surface area (Å²) in [5, 5.41) is 2.91. The van der Waals surface area contributed by atoms with E-state index in [1.807, 2.05) is 0 Å². The number of imidazole rings is 1. The third kappa shape index (κ3) is 3.56. The van der Waals surface area contributed by atoms with Crippen molar-refractivity contribution in [2.75, 3.05) is 5.32 Å². The highest BCUT2D eigenvalue weighted by atomic mass is 16.2. The van der Waals surface area contributed by atoms with Gasteiger partial charge in [-0.15, -0.1) is 0 Å². The molecule has 0 aromatic carbocycles. The topological polar surface area (TPSA) is 148 Å². The molecule has 1 amide bonds. The van der Waals surface area contributed by atoms with Crippen LogP contribution in [0.25, 0.3) is 22.2 Å². The molecule has 4 heterocycles. The molecule has 0 saturated heterocycles. The minimum Gasteiger partial charge on any atom is -0.325 e. The molecule has 0 atom stereocenters. The summed E-state index contributed by atoms with van der Waals surface area (Å²) >= 11 is 0. The molecule has 0 unspecified atom stereocenters. The van der Waals surface area contributed by atoms with Gasteiger partial charge in [-0.25, -0.2) is 19.6 Å². The molecule has 1 N–H and O–H groups in total. The van der Waals surface area contributed by atoms with Crippen molar-refractivity contribution < 1.29 is 4.79 Å². The maximum Gasteiger partial charge on any atom is 0.332 e. The molecular formula is C20H22N8O5. The summed E-state index contributed by atoms with van der Waals surface area (Å²) < 4.78 is 6.17. The largest absolute Gasteiger partial charge is 0.332 e. The lowest BCUT2D eigenvalue weighted by molar-refractivity contribution is -0.116. The number of amides is 1. The zero-order valence-corrected chi connectivity index (χ0v) is 18.5. The molecule has 0 aliphatic rings. The average molecular weight is 454 g/mol. The van der Waals surface area contributed by atoms with E-state index < -0.39 is 22.5 Å². The van der Waals surface area contributed by atoms with E-state index in [1.54, 1.807) is 4.57 Å². The second-order valence-corrected chi connectivity index (χ2v) is 7.77. The number of anilines is 1. The van der Waals surface area contributed by atoms with Crippen LogP contribution in [0.2, 0.25) is 0 Å². The van der Waals surface area contributed by atoms with Crippen molar-refractivity contribution in [2.45, 2.75) is 19.4 Å². The fraction of sp³-hybridized carbons (Fsp3) is 0.350. The number of nitrogens with one attached hydrogen (secondary N) is 1. The van der Waals surface area contributed by atoms with Gasteiger partial charge in [0.1, 0.15) is 5.65 Å². The Balaban J connectivity index is 1.49. The van der Waals surface area contributed by atoms with Crippen LogP contribution < -0.4 is 27.8 Å². The van der Waals surface area contributed by atoms with Crippen LogP contribution in [0.3, 0.4) is 0 Å². The molecule has 0 spiro atoms. The van der Waals surface area contributed by atoms with Crippen molar-refractivity contribution in [3.05, 3.63) is 60.3 Å². The van der Waals surface area contributed by atoms with Gasteiger partial charge >= 0.3 is 11.4 Å². The van der Waals surface area contributed by atoms with E-state index in [9.17, 15) is 24.0 Å². The van der Waals surface area contributed by atoms with Crippen LogP contribution in [0, 0.1) is 0 Å². The van der Waals surface area contributed by atoms with Gasteiger partial charge in [-0.1, -0.05) is 0 Å². The smallest absolute Gasteiger partial charge is 0.325 e. The van der Waals surface area contributed by atoms with Crippen LogP contribution >= 0.6 is 0 Å². The normalized spacial score (nSPS) is 11.4. The van der Waals surface area contributed by atoms with E-state index in [2.05, 4.69) is 15.3 Å². The first-order chi connectivity index (χ1) is 15.6. The Labute approximate surface area is 185 Å². The van der Waals surface area contributed by atoms with E-state index >= 15 is 0 Å². The van der Waals surface area contributed by atoms with Crippen molar-refractivity contribution in [3.63, 3.8) is 0 Å². The number of nitrogens with zero attached hydrogens (tertiary/aromatic N) is 7. The quantitative estimate of drug-likeness (QED) is 0.398. The second-order valence-electron chi connectivity index (χ2n) is 7.77. The van der Waals surface area contributed by atoms with E-state index in [4.69, 9.17) is 0 Å². The first kappa shape index (κ1) is 21.9. The molecule has 0 aliphatic carbocycles. The van der Waals surface area contributed by atoms with Crippen molar-refractivity contribution in [1.82, 2.24) is 32.8 Å². The third-order valence-corrected chi connectivity index (χ3v) is 5.60. The van der Waals surface area contributed by atoms with Gasteiger partial charge in [0, 0.05) is 41.2 Å². The highest BCUT2D eigenvalue weighted by Gasteiger charge is 2.15. The zero-order chi connectivity index (χ0) is 24.0. The number of hydrogen-bond donors (Lipinski definition) is 1. The predicted octanol–water partition coefficient (Wildman–Crippen LogP) is -1.20. The third-order valence-electron chi connectivity index (χ3n) is 5.60. The Morgan fingerprint density at radius 3 is 2.21 bits per heavy atom. The molecule has 4 rings (SSSR count). The molecule has 172 valence electrons. The van der Waals surface area contributed by atoms with Gasteiger partial charge in [-0.2, -0.15) is 0 Å². The molecule has 0 saturated carbocycles. The Kier molecular flexibility index (Phi) is 5.31. The Bertz CT molecular complexity index is 1670. The highest BCUT2D eigenvalue weighted by molar-refractivity contribution is 5.92. The first-order valence-corrected chi connectivity index (χ1v) is 10.1. The summed E-state index contributed by atoms with van der Waals surface area (Å²) in [6, 6.07) is 1.48. The Morgan fingerprint density at radius 2 is 1.52 bits per heavy atom. The van der Waals surface area contributed by atoms with E-state index in [-0.39, 0.29) is 29.0 Å². The summed E-state index contributed by atoms with van der Waals surface area (Å²) in [5.74, 6) is -0.303. The maximum absolute atomic E-state index is 12.5. The molecule has 13 nitrogen and oxygen atoms in total. The molecule has 4 aromatic heterocycles. The lowest BCUT2D eigenvalue weighted by atomic mass is 10.2. The van der Waals surface area contributed by atoms with Gasteiger partial charge in [0.2, 0.25) is 5.91 Å². The number of fused-ring (bicyclic) bond motifs is 2. The molecule has 13 heteroatoms. The number of carbonyl (C=O) groups is 1. The minimum atomic E-state index is -0.500. The van der Waals surface area contributed by atoms with Gasteiger partial charge in [-0.3, -0.25) is 32.7 Å². The number of carbonyl (C=O) groups excluding carboxylic acids is 1. The number of pyridine rings is 1. The molecule has 0 radical (unpaired) electrons. The Morgan fingerprint density at radius 1 is 0.879 bits per heavy atom. The Hall–Kier alpha value is -4.29. The molecule has 0 fully saturated rings. The molecule has 4 aromatic rings. The van der Waals surface area contributed by atoms with E-state index in [0.717, 1.165) is 9.13 Å². The van der Waals surface area contributed by atoms with Crippen LogP contribution in [0.15, 0.2) is 37.8 Å². The first-order valence-electron chi connectivity index (χ1n) is 10.1. The fourth-order valence-electron chi connectivity index (χ4n) is 3.73. The van der Waals surface area contributed by atoms with E-state index in [0.29, 0.717) is 24.2 Å². The molecule has 33 heavy (non-hydrogen) atoms. The average Bonchev–Trinajstić information content (AvgIpc) is 3.22. The summed E-state index contributed by atoms with van der Waals surface area (Å²) in [6.07, 6.45) is 3.39. The number of hydrogen-bond acceptors (Lipinski definition) is 7. The summed E-state index contributed by atoms with van der Waals surface area (Å²) in [7, 11) is 5.83. The van der Waals surface area contributed by atoms with Crippen molar-refractivity contribution in [3.8, 4) is 0 Å². The zero-order valence-electron chi connectivity index (χ0n) is 18.5. The minimum absolute atomic E-state index is 0.134. The number of aryl methyl sites for hydroxylation is 3. The SMILES string of the molecule is Cn1c(=O)c2cc(NC(=O)CCCn3cnc4c3c(=O)n(C)c(=O)n4C)cnc2n(C)c1=O. The summed E-state index contributed by atoms with van der Waals surface area (Å²) in [6.45, 7) is 0.343. The van der Waals surface area contributed by atoms with Gasteiger partial charge in [0.05, 0.1) is 23.6 Å². The van der Waals surface area contributed by atoms with Gasteiger partial charge in [0.25, 0.3) is 11.1 Å². The number of rotatable bonds is 5. The van der Waals surface area contributed by atoms with Gasteiger partial charge in [0.15, 0.2) is 11.2 Å². The standard InChI is InChI=1S/C20H22N8O5/c1-24-15-12(17(30)26(3)19(24)32)8-11(9-21-15)23-13(29)6-5-7-28-10-22-16-14(28)18(31)27(4)20(33)25(16)2/h8-10H,5-7H2,1-4H3,(H,23,29). The lowest BCUT2D eigenvalue weighted by Gasteiger charge is -2.09. The van der Waals surface area contributed by atoms with Crippen LogP contribution in [0.4, 0.5) is 5.69 Å². The highest BCUT2D eigenvalue weighted by Crippen LogP contribution is 2.13. The fourth-order valence-corrected chi connectivity index (χ4v) is 3.73. The van der Waals surface area contributed by atoms with Crippen molar-refractivity contribution >= 4 is 33.8 Å². The van der Waals surface area contributed by atoms with E-state index in [1.165, 1.54) is 55.9 Å². The van der Waals surface area contributed by atoms with Crippen LogP contribution in [-0.2, 0) is 39.5 Å². The number of aromatic nitrogens is 7. The summed E-state index contributed by atoms with van der Waals surface area (Å²) in [5.41, 5.74) is -0.766. The van der Waals surface area contributed by atoms with Crippen molar-refractivity contribution in [1.29, 1.82) is 0 Å². The molecular weight excluding hydrogens is 432 g/mol. The molecule has 0 bridgehead atoms. The second kappa shape index (κ2) is 8.00. The van der Waals surface area contributed by atoms with Crippen LogP contribution in [-0.4, -0.2) is 38.7 Å². The van der Waals surface area contributed by atoms with Gasteiger partial charge in [-0.05, 0) is 12.5 Å². The molecule has 0 aliphatic heterocycles. The maximum atomic E-state index is 12.5.